The third kappa shape index (κ3) is 2.73. The Morgan fingerprint density at radius 3 is 2.50 bits per heavy atom. The molecule has 0 bridgehead atoms. The number of alkyl halides is 1. The Morgan fingerprint density at radius 2 is 2.07 bits per heavy atom. The maximum Gasteiger partial charge on any atom is 0.252 e. The second-order valence-electron chi connectivity index (χ2n) is 2.92. The van der Waals surface area contributed by atoms with E-state index < -0.39 is 12.1 Å². The number of amides is 1. The third-order valence-corrected chi connectivity index (χ3v) is 1.88. The van der Waals surface area contributed by atoms with Crippen LogP contribution in [0.4, 0.5) is 4.39 Å². The van der Waals surface area contributed by atoms with Crippen LogP contribution in [-0.4, -0.2) is 19.2 Å². The minimum absolute atomic E-state index is 0.0132. The van der Waals surface area contributed by atoms with Crippen molar-refractivity contribution in [2.24, 2.45) is 5.73 Å². The number of benzene rings is 1. The quantitative estimate of drug-likeness (QED) is 0.784. The summed E-state index contributed by atoms with van der Waals surface area (Å²) in [6.45, 7) is 0. The molecule has 0 saturated heterocycles. The highest BCUT2D eigenvalue weighted by molar-refractivity contribution is 5.78. The van der Waals surface area contributed by atoms with Crippen molar-refractivity contribution < 1.29 is 13.9 Å². The lowest BCUT2D eigenvalue weighted by molar-refractivity contribution is -0.122. The summed E-state index contributed by atoms with van der Waals surface area (Å²) >= 11 is 0. The third-order valence-electron chi connectivity index (χ3n) is 1.88. The predicted octanol–water partition coefficient (Wildman–Crippen LogP) is 1.06. The summed E-state index contributed by atoms with van der Waals surface area (Å²) in [6, 6.07) is 6.83. The van der Waals surface area contributed by atoms with E-state index in [9.17, 15) is 9.18 Å². The Labute approximate surface area is 81.7 Å². The first-order valence-electron chi connectivity index (χ1n) is 4.20. The monoisotopic (exact) mass is 197 g/mol. The molecule has 0 radical (unpaired) electrons. The van der Waals surface area contributed by atoms with Crippen LogP contribution in [0.3, 0.4) is 0 Å². The Kier molecular flexibility index (Phi) is 3.45. The van der Waals surface area contributed by atoms with Gasteiger partial charge in [0.15, 0.2) is 6.17 Å². The number of ether oxygens (including phenoxy) is 1. The van der Waals surface area contributed by atoms with Gasteiger partial charge in [-0.1, -0.05) is 12.1 Å². The fraction of sp³-hybridized carbons (Fsp3) is 0.300. The van der Waals surface area contributed by atoms with Gasteiger partial charge in [-0.15, -0.1) is 0 Å². The first kappa shape index (κ1) is 10.5. The van der Waals surface area contributed by atoms with Crippen molar-refractivity contribution in [3.63, 3.8) is 0 Å². The van der Waals surface area contributed by atoms with Crippen LogP contribution in [0.2, 0.25) is 0 Å². The van der Waals surface area contributed by atoms with Crippen LogP contribution in [0.25, 0.3) is 0 Å². The molecule has 0 spiro atoms. The van der Waals surface area contributed by atoms with Crippen LogP contribution in [0.15, 0.2) is 24.3 Å². The number of methoxy groups -OCH3 is 1. The van der Waals surface area contributed by atoms with Gasteiger partial charge in [0.1, 0.15) is 5.75 Å². The molecule has 1 unspecified atom stereocenters. The molecule has 2 N–H and O–H groups in total. The van der Waals surface area contributed by atoms with Gasteiger partial charge in [0.05, 0.1) is 7.11 Å². The molecular weight excluding hydrogens is 185 g/mol. The summed E-state index contributed by atoms with van der Waals surface area (Å²) in [4.78, 5) is 10.4. The Morgan fingerprint density at radius 1 is 1.50 bits per heavy atom. The van der Waals surface area contributed by atoms with E-state index in [0.29, 0.717) is 5.75 Å². The van der Waals surface area contributed by atoms with Gasteiger partial charge in [-0.2, -0.15) is 0 Å². The van der Waals surface area contributed by atoms with E-state index in [1.54, 1.807) is 31.4 Å². The van der Waals surface area contributed by atoms with Crippen LogP contribution < -0.4 is 10.5 Å². The van der Waals surface area contributed by atoms with E-state index >= 15 is 0 Å². The zero-order valence-corrected chi connectivity index (χ0v) is 7.87. The maximum atomic E-state index is 12.9. The summed E-state index contributed by atoms with van der Waals surface area (Å²) in [6.07, 6.45) is -1.61. The van der Waals surface area contributed by atoms with Gasteiger partial charge < -0.3 is 10.5 Å². The van der Waals surface area contributed by atoms with Crippen molar-refractivity contribution in [1.82, 2.24) is 0 Å². The molecule has 0 heterocycles. The first-order chi connectivity index (χ1) is 6.63. The van der Waals surface area contributed by atoms with E-state index in [-0.39, 0.29) is 6.42 Å². The number of halogens is 1. The fourth-order valence-electron chi connectivity index (χ4n) is 1.07. The second-order valence-corrected chi connectivity index (χ2v) is 2.92. The lowest BCUT2D eigenvalue weighted by Crippen LogP contribution is -2.26. The summed E-state index contributed by atoms with van der Waals surface area (Å²) in [7, 11) is 1.55. The molecule has 76 valence electrons. The number of nitrogens with two attached hydrogens (primary N) is 1. The van der Waals surface area contributed by atoms with Gasteiger partial charge in [-0.25, -0.2) is 4.39 Å². The minimum atomic E-state index is -1.62. The molecule has 1 aromatic rings. The van der Waals surface area contributed by atoms with Gasteiger partial charge in [0.2, 0.25) is 0 Å². The molecule has 0 aliphatic heterocycles. The van der Waals surface area contributed by atoms with Crippen molar-refractivity contribution in [3.8, 4) is 5.75 Å². The molecule has 0 aliphatic carbocycles. The average molecular weight is 197 g/mol. The molecule has 14 heavy (non-hydrogen) atoms. The molecule has 0 aromatic heterocycles. The predicted molar refractivity (Wildman–Crippen MR) is 50.8 cm³/mol. The molecule has 0 fully saturated rings. The standard InChI is InChI=1S/C10H12FNO2/c1-14-8-4-2-7(3-5-8)6-9(11)10(12)13/h2-5,9H,6H2,1H3,(H2,12,13). The lowest BCUT2D eigenvalue weighted by atomic mass is 10.1. The highest BCUT2D eigenvalue weighted by atomic mass is 19.1. The molecular formula is C10H12FNO2. The number of rotatable bonds is 4. The Balaban J connectivity index is 2.64. The SMILES string of the molecule is COc1ccc(CC(F)C(N)=O)cc1. The van der Waals surface area contributed by atoms with Crippen molar-refractivity contribution in [1.29, 1.82) is 0 Å². The number of primary amides is 1. The molecule has 1 rings (SSSR count). The molecule has 1 amide bonds. The van der Waals surface area contributed by atoms with Crippen LogP contribution in [0, 0.1) is 0 Å². The van der Waals surface area contributed by atoms with Crippen molar-refractivity contribution in [2.75, 3.05) is 7.11 Å². The van der Waals surface area contributed by atoms with E-state index in [2.05, 4.69) is 0 Å². The van der Waals surface area contributed by atoms with Crippen LogP contribution in [-0.2, 0) is 11.2 Å². The van der Waals surface area contributed by atoms with Crippen LogP contribution >= 0.6 is 0 Å². The minimum Gasteiger partial charge on any atom is -0.497 e. The molecule has 3 nitrogen and oxygen atoms in total. The highest BCUT2D eigenvalue weighted by Gasteiger charge is 2.13. The second kappa shape index (κ2) is 4.60. The molecule has 1 aromatic carbocycles. The normalized spacial score (nSPS) is 12.1. The Hall–Kier alpha value is -1.58. The molecule has 1 atom stereocenters. The van der Waals surface area contributed by atoms with Gasteiger partial charge >= 0.3 is 0 Å². The van der Waals surface area contributed by atoms with E-state index in [1.807, 2.05) is 0 Å². The topological polar surface area (TPSA) is 52.3 Å². The fourth-order valence-corrected chi connectivity index (χ4v) is 1.07. The Bertz CT molecular complexity index is 310. The van der Waals surface area contributed by atoms with Crippen LogP contribution in [0.1, 0.15) is 5.56 Å². The summed E-state index contributed by atoms with van der Waals surface area (Å²) in [5.74, 6) is -0.232. The first-order valence-corrected chi connectivity index (χ1v) is 4.20. The van der Waals surface area contributed by atoms with Crippen molar-refractivity contribution >= 4 is 5.91 Å². The summed E-state index contributed by atoms with van der Waals surface area (Å²) < 4.78 is 17.8. The summed E-state index contributed by atoms with van der Waals surface area (Å²) in [5, 5.41) is 0. The van der Waals surface area contributed by atoms with E-state index in [4.69, 9.17) is 10.5 Å². The van der Waals surface area contributed by atoms with Gasteiger partial charge in [-0.05, 0) is 17.7 Å². The van der Waals surface area contributed by atoms with Gasteiger partial charge in [-0.3, -0.25) is 4.79 Å². The van der Waals surface area contributed by atoms with Crippen molar-refractivity contribution in [3.05, 3.63) is 29.8 Å². The summed E-state index contributed by atoms with van der Waals surface area (Å²) in [5.41, 5.74) is 5.52. The molecule has 4 heteroatoms. The zero-order chi connectivity index (χ0) is 10.6. The average Bonchev–Trinajstić information content (AvgIpc) is 2.19. The van der Waals surface area contributed by atoms with E-state index in [1.165, 1.54) is 0 Å². The largest absolute Gasteiger partial charge is 0.497 e. The van der Waals surface area contributed by atoms with Gasteiger partial charge in [0, 0.05) is 6.42 Å². The van der Waals surface area contributed by atoms with E-state index in [0.717, 1.165) is 5.56 Å². The maximum absolute atomic E-state index is 12.9. The van der Waals surface area contributed by atoms with Gasteiger partial charge in [0.25, 0.3) is 5.91 Å². The zero-order valence-electron chi connectivity index (χ0n) is 7.87. The van der Waals surface area contributed by atoms with Crippen LogP contribution in [0.5, 0.6) is 5.75 Å². The number of hydrogen-bond donors (Lipinski definition) is 1. The number of carbonyl (C=O) groups is 1. The smallest absolute Gasteiger partial charge is 0.252 e. The number of carbonyl (C=O) groups excluding carboxylic acids is 1. The van der Waals surface area contributed by atoms with Crippen molar-refractivity contribution in [2.45, 2.75) is 12.6 Å². The molecule has 0 aliphatic rings. The lowest BCUT2D eigenvalue weighted by Gasteiger charge is -2.05. The highest BCUT2D eigenvalue weighted by Crippen LogP contribution is 2.13. The number of hydrogen-bond acceptors (Lipinski definition) is 2. The molecule has 0 saturated carbocycles.